The van der Waals surface area contributed by atoms with Gasteiger partial charge in [-0.2, -0.15) is 0 Å². The molecule has 0 aromatic heterocycles. The second-order valence-electron chi connectivity index (χ2n) is 5.44. The summed E-state index contributed by atoms with van der Waals surface area (Å²) in [6, 6.07) is 7.37. The number of aliphatic hydroxyl groups excluding tert-OH is 1. The zero-order valence-electron chi connectivity index (χ0n) is 11.5. The van der Waals surface area contributed by atoms with Gasteiger partial charge in [0, 0.05) is 12.7 Å². The lowest BCUT2D eigenvalue weighted by molar-refractivity contribution is 0.0824. The first-order valence-electron chi connectivity index (χ1n) is 6.60. The van der Waals surface area contributed by atoms with E-state index in [1.165, 1.54) is 0 Å². The van der Waals surface area contributed by atoms with E-state index in [-0.39, 0.29) is 12.5 Å². The minimum atomic E-state index is -0.506. The Morgan fingerprint density at radius 3 is 2.84 bits per heavy atom. The molecule has 1 saturated carbocycles. The molecule has 0 bridgehead atoms. The highest BCUT2D eigenvalue weighted by Gasteiger charge is 2.42. The number of hydrogen-bond acceptors (Lipinski definition) is 3. The minimum Gasteiger partial charge on any atom is -0.394 e. The SMILES string of the molecule is COCc1cccc(C(=O)NC(C)(CO)C2CC2)c1. The van der Waals surface area contributed by atoms with Gasteiger partial charge in [0.25, 0.3) is 5.91 Å². The van der Waals surface area contributed by atoms with Gasteiger partial charge in [0.2, 0.25) is 0 Å². The molecule has 2 rings (SSSR count). The van der Waals surface area contributed by atoms with Crippen molar-refractivity contribution in [2.75, 3.05) is 13.7 Å². The molecule has 1 aliphatic carbocycles. The summed E-state index contributed by atoms with van der Waals surface area (Å²) in [7, 11) is 1.63. The molecule has 2 N–H and O–H groups in total. The average molecular weight is 263 g/mol. The molecule has 1 amide bonds. The second-order valence-corrected chi connectivity index (χ2v) is 5.44. The maximum Gasteiger partial charge on any atom is 0.251 e. The van der Waals surface area contributed by atoms with E-state index in [0.29, 0.717) is 18.1 Å². The molecule has 0 saturated heterocycles. The Morgan fingerprint density at radius 2 is 2.26 bits per heavy atom. The molecule has 0 radical (unpaired) electrons. The third-order valence-electron chi connectivity index (χ3n) is 3.71. The van der Waals surface area contributed by atoms with Crippen molar-refractivity contribution in [2.45, 2.75) is 31.9 Å². The Bertz CT molecular complexity index is 456. The van der Waals surface area contributed by atoms with Crippen LogP contribution in [0.1, 0.15) is 35.7 Å². The Balaban J connectivity index is 2.08. The number of carbonyl (C=O) groups is 1. The van der Waals surface area contributed by atoms with E-state index in [2.05, 4.69) is 5.32 Å². The molecule has 1 aromatic rings. The van der Waals surface area contributed by atoms with Gasteiger partial charge in [0.1, 0.15) is 0 Å². The number of rotatable bonds is 6. The van der Waals surface area contributed by atoms with E-state index in [4.69, 9.17) is 4.74 Å². The van der Waals surface area contributed by atoms with Crippen molar-refractivity contribution in [1.82, 2.24) is 5.32 Å². The summed E-state index contributed by atoms with van der Waals surface area (Å²) in [5.74, 6) is 0.255. The molecule has 4 nitrogen and oxygen atoms in total. The molecule has 1 fully saturated rings. The third kappa shape index (κ3) is 3.33. The van der Waals surface area contributed by atoms with Crippen molar-refractivity contribution in [2.24, 2.45) is 5.92 Å². The number of nitrogens with one attached hydrogen (secondary N) is 1. The number of aliphatic hydroxyl groups is 1. The number of amides is 1. The van der Waals surface area contributed by atoms with Crippen LogP contribution in [-0.2, 0) is 11.3 Å². The number of benzene rings is 1. The smallest absolute Gasteiger partial charge is 0.251 e. The quantitative estimate of drug-likeness (QED) is 0.821. The Hall–Kier alpha value is -1.39. The third-order valence-corrected chi connectivity index (χ3v) is 3.71. The number of carbonyl (C=O) groups excluding carboxylic acids is 1. The second kappa shape index (κ2) is 5.72. The maximum absolute atomic E-state index is 12.2. The Kier molecular flexibility index (Phi) is 4.22. The van der Waals surface area contributed by atoms with Crippen LogP contribution in [0.2, 0.25) is 0 Å². The normalized spacial score (nSPS) is 17.8. The number of methoxy groups -OCH3 is 1. The molecule has 19 heavy (non-hydrogen) atoms. The summed E-state index contributed by atoms with van der Waals surface area (Å²) in [4.78, 5) is 12.2. The lowest BCUT2D eigenvalue weighted by atomic mass is 9.96. The fraction of sp³-hybridized carbons (Fsp3) is 0.533. The molecule has 4 heteroatoms. The van der Waals surface area contributed by atoms with Gasteiger partial charge in [-0.3, -0.25) is 4.79 Å². The van der Waals surface area contributed by atoms with Crippen molar-refractivity contribution in [3.63, 3.8) is 0 Å². The van der Waals surface area contributed by atoms with E-state index >= 15 is 0 Å². The summed E-state index contributed by atoms with van der Waals surface area (Å²) < 4.78 is 5.06. The molecule has 1 aliphatic rings. The largest absolute Gasteiger partial charge is 0.394 e. The lowest BCUT2D eigenvalue weighted by Gasteiger charge is -2.28. The van der Waals surface area contributed by atoms with Gasteiger partial charge in [0.05, 0.1) is 18.8 Å². The molecule has 104 valence electrons. The van der Waals surface area contributed by atoms with Crippen LogP contribution in [-0.4, -0.2) is 30.3 Å². The summed E-state index contributed by atoms with van der Waals surface area (Å²) in [6.07, 6.45) is 2.14. The van der Waals surface area contributed by atoms with Crippen LogP contribution in [0, 0.1) is 5.92 Å². The van der Waals surface area contributed by atoms with E-state index in [1.807, 2.05) is 25.1 Å². The topological polar surface area (TPSA) is 58.6 Å². The Labute approximate surface area is 113 Å². The van der Waals surface area contributed by atoms with E-state index in [1.54, 1.807) is 13.2 Å². The van der Waals surface area contributed by atoms with Crippen LogP contribution >= 0.6 is 0 Å². The first kappa shape index (κ1) is 14.0. The zero-order chi connectivity index (χ0) is 13.9. The summed E-state index contributed by atoms with van der Waals surface area (Å²) in [5.41, 5.74) is 1.07. The van der Waals surface area contributed by atoms with Gasteiger partial charge < -0.3 is 15.2 Å². The number of hydrogen-bond donors (Lipinski definition) is 2. The fourth-order valence-electron chi connectivity index (χ4n) is 2.29. The molecule has 0 spiro atoms. The van der Waals surface area contributed by atoms with Gasteiger partial charge in [-0.05, 0) is 43.4 Å². The van der Waals surface area contributed by atoms with Crippen molar-refractivity contribution in [1.29, 1.82) is 0 Å². The van der Waals surface area contributed by atoms with Crippen LogP contribution in [0.15, 0.2) is 24.3 Å². The maximum atomic E-state index is 12.2. The average Bonchev–Trinajstić information content (AvgIpc) is 3.24. The van der Waals surface area contributed by atoms with Crippen LogP contribution < -0.4 is 5.32 Å². The highest BCUT2D eigenvalue weighted by atomic mass is 16.5. The minimum absolute atomic E-state index is 0.0266. The fourth-order valence-corrected chi connectivity index (χ4v) is 2.29. The number of ether oxygens (including phenoxy) is 1. The molecule has 0 heterocycles. The van der Waals surface area contributed by atoms with E-state index < -0.39 is 5.54 Å². The first-order chi connectivity index (χ1) is 9.09. The summed E-state index contributed by atoms with van der Waals surface area (Å²) in [6.45, 7) is 2.36. The molecule has 1 atom stereocenters. The summed E-state index contributed by atoms with van der Waals surface area (Å²) in [5, 5.41) is 12.5. The first-order valence-corrected chi connectivity index (χ1v) is 6.60. The highest BCUT2D eigenvalue weighted by molar-refractivity contribution is 5.94. The highest BCUT2D eigenvalue weighted by Crippen LogP contribution is 2.39. The van der Waals surface area contributed by atoms with Gasteiger partial charge in [-0.15, -0.1) is 0 Å². The van der Waals surface area contributed by atoms with Gasteiger partial charge in [0.15, 0.2) is 0 Å². The van der Waals surface area contributed by atoms with E-state index in [0.717, 1.165) is 18.4 Å². The molecule has 1 aromatic carbocycles. The molecule has 0 aliphatic heterocycles. The lowest BCUT2D eigenvalue weighted by Crippen LogP contribution is -2.50. The van der Waals surface area contributed by atoms with Crippen molar-refractivity contribution in [3.8, 4) is 0 Å². The van der Waals surface area contributed by atoms with Crippen LogP contribution in [0.5, 0.6) is 0 Å². The van der Waals surface area contributed by atoms with Crippen LogP contribution in [0.4, 0.5) is 0 Å². The van der Waals surface area contributed by atoms with E-state index in [9.17, 15) is 9.90 Å². The van der Waals surface area contributed by atoms with Gasteiger partial charge in [-0.1, -0.05) is 12.1 Å². The molecule has 1 unspecified atom stereocenters. The van der Waals surface area contributed by atoms with Gasteiger partial charge >= 0.3 is 0 Å². The van der Waals surface area contributed by atoms with Crippen LogP contribution in [0.3, 0.4) is 0 Å². The van der Waals surface area contributed by atoms with Crippen molar-refractivity contribution < 1.29 is 14.6 Å². The zero-order valence-corrected chi connectivity index (χ0v) is 11.5. The Morgan fingerprint density at radius 1 is 1.53 bits per heavy atom. The van der Waals surface area contributed by atoms with Crippen molar-refractivity contribution >= 4 is 5.91 Å². The molecular weight excluding hydrogens is 242 g/mol. The van der Waals surface area contributed by atoms with Gasteiger partial charge in [-0.25, -0.2) is 0 Å². The molecular formula is C15H21NO3. The predicted octanol–water partition coefficient (Wildman–Crippen LogP) is 1.72. The van der Waals surface area contributed by atoms with Crippen LogP contribution in [0.25, 0.3) is 0 Å². The van der Waals surface area contributed by atoms with Crippen molar-refractivity contribution in [3.05, 3.63) is 35.4 Å². The predicted molar refractivity (Wildman–Crippen MR) is 72.8 cm³/mol. The standard InChI is InChI=1S/C15H21NO3/c1-15(10-17,13-6-7-13)16-14(18)12-5-3-4-11(8-12)9-19-2/h3-5,8,13,17H,6-7,9-10H2,1-2H3,(H,16,18). The monoisotopic (exact) mass is 263 g/mol. The summed E-state index contributed by atoms with van der Waals surface area (Å²) >= 11 is 0.